The third kappa shape index (κ3) is 7.21. The van der Waals surface area contributed by atoms with Crippen molar-refractivity contribution in [2.24, 2.45) is 5.92 Å². The molecule has 0 heterocycles. The SMILES string of the molecule is CNCC(C)C(=O)NCCCCSC. The molecule has 0 aliphatic heterocycles. The molecule has 3 nitrogen and oxygen atoms in total. The van der Waals surface area contributed by atoms with Gasteiger partial charge in [0.15, 0.2) is 0 Å². The Labute approximate surface area is 91.4 Å². The third-order valence-corrected chi connectivity index (χ3v) is 2.73. The molecule has 0 aliphatic rings. The van der Waals surface area contributed by atoms with Gasteiger partial charge in [-0.1, -0.05) is 6.92 Å². The molecule has 0 aliphatic carbocycles. The van der Waals surface area contributed by atoms with Crippen LogP contribution < -0.4 is 10.6 Å². The summed E-state index contributed by atoms with van der Waals surface area (Å²) in [5.74, 6) is 1.41. The van der Waals surface area contributed by atoms with E-state index < -0.39 is 0 Å². The highest BCUT2D eigenvalue weighted by molar-refractivity contribution is 7.98. The topological polar surface area (TPSA) is 41.1 Å². The first-order valence-electron chi connectivity index (χ1n) is 5.13. The highest BCUT2D eigenvalue weighted by atomic mass is 32.2. The second-order valence-corrected chi connectivity index (χ2v) is 4.44. The van der Waals surface area contributed by atoms with Gasteiger partial charge in [-0.25, -0.2) is 0 Å². The van der Waals surface area contributed by atoms with E-state index in [-0.39, 0.29) is 11.8 Å². The summed E-state index contributed by atoms with van der Waals surface area (Å²) in [5, 5.41) is 5.93. The Morgan fingerprint density at radius 1 is 1.43 bits per heavy atom. The van der Waals surface area contributed by atoms with Crippen molar-refractivity contribution < 1.29 is 4.79 Å². The summed E-state index contributed by atoms with van der Waals surface area (Å²) >= 11 is 1.85. The largest absolute Gasteiger partial charge is 0.356 e. The van der Waals surface area contributed by atoms with Crippen molar-refractivity contribution in [3.63, 3.8) is 0 Å². The van der Waals surface area contributed by atoms with Gasteiger partial charge in [0.2, 0.25) is 5.91 Å². The lowest BCUT2D eigenvalue weighted by Gasteiger charge is -2.11. The smallest absolute Gasteiger partial charge is 0.224 e. The normalized spacial score (nSPS) is 12.5. The fourth-order valence-electron chi connectivity index (χ4n) is 1.16. The number of hydrogen-bond donors (Lipinski definition) is 2. The number of carbonyl (C=O) groups is 1. The first-order chi connectivity index (χ1) is 6.72. The lowest BCUT2D eigenvalue weighted by molar-refractivity contribution is -0.124. The van der Waals surface area contributed by atoms with Crippen molar-refractivity contribution in [2.75, 3.05) is 32.1 Å². The van der Waals surface area contributed by atoms with Gasteiger partial charge in [-0.2, -0.15) is 11.8 Å². The van der Waals surface area contributed by atoms with Crippen LogP contribution in [-0.4, -0.2) is 38.1 Å². The number of unbranched alkanes of at least 4 members (excludes halogenated alkanes) is 1. The molecule has 14 heavy (non-hydrogen) atoms. The third-order valence-electron chi connectivity index (χ3n) is 2.03. The monoisotopic (exact) mass is 218 g/mol. The van der Waals surface area contributed by atoms with E-state index in [1.165, 1.54) is 12.2 Å². The van der Waals surface area contributed by atoms with Crippen molar-refractivity contribution in [1.29, 1.82) is 0 Å². The quantitative estimate of drug-likeness (QED) is 0.600. The van der Waals surface area contributed by atoms with E-state index in [4.69, 9.17) is 0 Å². The molecular weight excluding hydrogens is 196 g/mol. The molecule has 0 bridgehead atoms. The molecule has 84 valence electrons. The Bertz CT molecular complexity index is 153. The van der Waals surface area contributed by atoms with Crippen LogP contribution in [0.5, 0.6) is 0 Å². The molecule has 0 spiro atoms. The Morgan fingerprint density at radius 3 is 2.71 bits per heavy atom. The number of carbonyl (C=O) groups excluding carboxylic acids is 1. The van der Waals surface area contributed by atoms with Crippen molar-refractivity contribution >= 4 is 17.7 Å². The molecule has 0 rings (SSSR count). The molecule has 0 aromatic rings. The van der Waals surface area contributed by atoms with Gasteiger partial charge in [-0.05, 0) is 31.9 Å². The van der Waals surface area contributed by atoms with Gasteiger partial charge in [0, 0.05) is 19.0 Å². The van der Waals surface area contributed by atoms with Crippen LogP contribution in [0.4, 0.5) is 0 Å². The molecule has 1 unspecified atom stereocenters. The first-order valence-corrected chi connectivity index (χ1v) is 6.53. The summed E-state index contributed by atoms with van der Waals surface area (Å²) < 4.78 is 0. The second-order valence-electron chi connectivity index (χ2n) is 3.45. The number of thioether (sulfide) groups is 1. The van der Waals surface area contributed by atoms with E-state index in [0.717, 1.165) is 19.5 Å². The van der Waals surface area contributed by atoms with E-state index >= 15 is 0 Å². The lowest BCUT2D eigenvalue weighted by Crippen LogP contribution is -2.34. The van der Waals surface area contributed by atoms with E-state index in [9.17, 15) is 4.79 Å². The van der Waals surface area contributed by atoms with Gasteiger partial charge in [-0.15, -0.1) is 0 Å². The van der Waals surface area contributed by atoms with E-state index in [0.29, 0.717) is 0 Å². The predicted octanol–water partition coefficient (Wildman–Crippen LogP) is 1.10. The molecule has 0 saturated heterocycles. The Balaban J connectivity index is 3.34. The van der Waals surface area contributed by atoms with E-state index in [1.807, 2.05) is 25.7 Å². The van der Waals surface area contributed by atoms with Crippen LogP contribution in [0.1, 0.15) is 19.8 Å². The molecule has 2 N–H and O–H groups in total. The highest BCUT2D eigenvalue weighted by Crippen LogP contribution is 1.98. The predicted molar refractivity (Wildman–Crippen MR) is 63.7 cm³/mol. The maximum atomic E-state index is 11.4. The van der Waals surface area contributed by atoms with Crippen LogP contribution in [0, 0.1) is 5.92 Å². The van der Waals surface area contributed by atoms with Crippen molar-refractivity contribution in [1.82, 2.24) is 10.6 Å². The van der Waals surface area contributed by atoms with E-state index in [2.05, 4.69) is 16.9 Å². The first kappa shape index (κ1) is 13.8. The van der Waals surface area contributed by atoms with Gasteiger partial charge in [0.25, 0.3) is 0 Å². The van der Waals surface area contributed by atoms with Gasteiger partial charge < -0.3 is 10.6 Å². The molecule has 0 aromatic carbocycles. The van der Waals surface area contributed by atoms with Crippen LogP contribution in [0.25, 0.3) is 0 Å². The standard InChI is InChI=1S/C10H22N2OS/c1-9(8-11-2)10(13)12-6-4-5-7-14-3/h9,11H,4-8H2,1-3H3,(H,12,13). The second kappa shape index (κ2) is 9.34. The van der Waals surface area contributed by atoms with Gasteiger partial charge >= 0.3 is 0 Å². The molecule has 0 aromatic heterocycles. The summed E-state index contributed by atoms with van der Waals surface area (Å²) in [6.07, 6.45) is 4.37. The maximum Gasteiger partial charge on any atom is 0.224 e. The molecule has 0 saturated carbocycles. The summed E-state index contributed by atoms with van der Waals surface area (Å²) in [6.45, 7) is 3.50. The van der Waals surface area contributed by atoms with Gasteiger partial charge in [-0.3, -0.25) is 4.79 Å². The average molecular weight is 218 g/mol. The maximum absolute atomic E-state index is 11.4. The lowest BCUT2D eigenvalue weighted by atomic mass is 10.1. The molecular formula is C10H22N2OS. The van der Waals surface area contributed by atoms with E-state index in [1.54, 1.807) is 0 Å². The zero-order valence-corrected chi connectivity index (χ0v) is 10.2. The molecule has 1 atom stereocenters. The summed E-state index contributed by atoms with van der Waals surface area (Å²) in [5.41, 5.74) is 0. The van der Waals surface area contributed by atoms with Crippen LogP contribution in [-0.2, 0) is 4.79 Å². The molecule has 0 fully saturated rings. The zero-order chi connectivity index (χ0) is 10.8. The average Bonchev–Trinajstić information content (AvgIpc) is 2.17. The molecule has 0 radical (unpaired) electrons. The Morgan fingerprint density at radius 2 is 2.14 bits per heavy atom. The van der Waals surface area contributed by atoms with Gasteiger partial charge in [0.1, 0.15) is 0 Å². The molecule has 4 heteroatoms. The Kier molecular flexibility index (Phi) is 9.19. The Hall–Kier alpha value is -0.220. The van der Waals surface area contributed by atoms with Crippen LogP contribution in [0.2, 0.25) is 0 Å². The minimum atomic E-state index is 0.0700. The minimum Gasteiger partial charge on any atom is -0.356 e. The minimum absolute atomic E-state index is 0.0700. The highest BCUT2D eigenvalue weighted by Gasteiger charge is 2.09. The summed E-state index contributed by atoms with van der Waals surface area (Å²) in [6, 6.07) is 0. The summed E-state index contributed by atoms with van der Waals surface area (Å²) in [7, 11) is 1.86. The number of hydrogen-bond acceptors (Lipinski definition) is 3. The van der Waals surface area contributed by atoms with Crippen molar-refractivity contribution in [3.8, 4) is 0 Å². The van der Waals surface area contributed by atoms with Crippen LogP contribution in [0.3, 0.4) is 0 Å². The van der Waals surface area contributed by atoms with Crippen LogP contribution in [0.15, 0.2) is 0 Å². The van der Waals surface area contributed by atoms with Crippen LogP contribution >= 0.6 is 11.8 Å². The molecule has 1 amide bonds. The van der Waals surface area contributed by atoms with Gasteiger partial charge in [0.05, 0.1) is 0 Å². The fourth-order valence-corrected chi connectivity index (χ4v) is 1.65. The van der Waals surface area contributed by atoms with Crippen molar-refractivity contribution in [3.05, 3.63) is 0 Å². The fraction of sp³-hybridized carbons (Fsp3) is 0.900. The summed E-state index contributed by atoms with van der Waals surface area (Å²) in [4.78, 5) is 11.4. The number of rotatable bonds is 8. The number of nitrogens with one attached hydrogen (secondary N) is 2. The number of amides is 1. The zero-order valence-electron chi connectivity index (χ0n) is 9.43. The van der Waals surface area contributed by atoms with Crippen molar-refractivity contribution in [2.45, 2.75) is 19.8 Å².